The number of hydrogen-bond acceptors (Lipinski definition) is 4. The number of pyridine rings is 1. The van der Waals surface area contributed by atoms with Crippen LogP contribution in [-0.2, 0) is 0 Å². The van der Waals surface area contributed by atoms with Crippen LogP contribution in [0.15, 0.2) is 58.1 Å². The minimum Gasteiger partial charge on any atom is -0.858 e. The van der Waals surface area contributed by atoms with E-state index in [1.54, 1.807) is 30.5 Å². The summed E-state index contributed by atoms with van der Waals surface area (Å²) < 4.78 is 14.7. The lowest BCUT2D eigenvalue weighted by Gasteiger charge is -2.20. The molecule has 1 atom stereocenters. The van der Waals surface area contributed by atoms with Crippen molar-refractivity contribution in [3.05, 3.63) is 96.9 Å². The zero-order valence-corrected chi connectivity index (χ0v) is 18.1. The van der Waals surface area contributed by atoms with Gasteiger partial charge in [0.25, 0.3) is 0 Å². The molecule has 0 saturated heterocycles. The Morgan fingerprint density at radius 1 is 1.21 bits per heavy atom. The van der Waals surface area contributed by atoms with Crippen LogP contribution in [-0.4, -0.2) is 10.9 Å². The lowest BCUT2D eigenvalue weighted by Crippen LogP contribution is -2.21. The van der Waals surface area contributed by atoms with E-state index in [0.29, 0.717) is 21.3 Å². The molecule has 2 aromatic carbocycles. The number of benzene rings is 2. The highest BCUT2D eigenvalue weighted by Gasteiger charge is 2.18. The predicted octanol–water partition coefficient (Wildman–Crippen LogP) is 5.37. The topological polar surface area (TPSA) is 72.1 Å². The van der Waals surface area contributed by atoms with Gasteiger partial charge in [-0.25, -0.2) is 4.39 Å². The fourth-order valence-electron chi connectivity index (χ4n) is 2.74. The van der Waals surface area contributed by atoms with Crippen LogP contribution in [0.25, 0.3) is 0 Å². The summed E-state index contributed by atoms with van der Waals surface area (Å²) in [6.45, 7) is 1.85. The molecule has 0 N–H and O–H groups in total. The van der Waals surface area contributed by atoms with Gasteiger partial charge in [-0.1, -0.05) is 35.3 Å². The third kappa shape index (κ3) is 4.76. The standard InChI is InChI=1S/C21H13BrCl2FN3O/c1-11-6-15(22)10-27-19(11)20(12-4-5-16(23)17(24)7-12)28-21(29)13-2-3-14(9-26)18(25)8-13/h2-8,10,20H,1H3,(H,28,29)/p-1. The molecule has 146 valence electrons. The summed E-state index contributed by atoms with van der Waals surface area (Å²) in [6.07, 6.45) is 1.61. The maximum Gasteiger partial charge on any atom is 0.141 e. The third-order valence-electron chi connectivity index (χ3n) is 4.19. The van der Waals surface area contributed by atoms with E-state index in [2.05, 4.69) is 25.9 Å². The van der Waals surface area contributed by atoms with Gasteiger partial charge in [0.1, 0.15) is 17.9 Å². The molecule has 0 radical (unpaired) electrons. The van der Waals surface area contributed by atoms with E-state index in [1.807, 2.05) is 13.0 Å². The number of aliphatic imine (C=N–C) groups is 1. The molecule has 4 nitrogen and oxygen atoms in total. The highest BCUT2D eigenvalue weighted by Crippen LogP contribution is 2.32. The van der Waals surface area contributed by atoms with Crippen molar-refractivity contribution in [2.24, 2.45) is 4.99 Å². The molecule has 0 saturated carbocycles. The molecule has 0 amide bonds. The first-order chi connectivity index (χ1) is 13.8. The fraction of sp³-hybridized carbons (Fsp3) is 0.0952. The lowest BCUT2D eigenvalue weighted by atomic mass is 10.00. The molecule has 0 bridgehead atoms. The zero-order chi connectivity index (χ0) is 21.1. The first-order valence-corrected chi connectivity index (χ1v) is 9.87. The van der Waals surface area contributed by atoms with Crippen LogP contribution in [0.3, 0.4) is 0 Å². The van der Waals surface area contributed by atoms with Crippen molar-refractivity contribution < 1.29 is 9.50 Å². The normalized spacial score (nSPS) is 12.5. The van der Waals surface area contributed by atoms with E-state index >= 15 is 0 Å². The molecule has 1 heterocycles. The summed E-state index contributed by atoms with van der Waals surface area (Å²) in [6, 6.07) is 11.3. The quantitative estimate of drug-likeness (QED) is 0.364. The van der Waals surface area contributed by atoms with E-state index in [4.69, 9.17) is 28.5 Å². The second-order valence-corrected chi connectivity index (χ2v) is 7.90. The van der Waals surface area contributed by atoms with Gasteiger partial charge in [0, 0.05) is 10.7 Å². The summed E-state index contributed by atoms with van der Waals surface area (Å²) in [5.41, 5.74) is 1.85. The average Bonchev–Trinajstić information content (AvgIpc) is 2.68. The Balaban J connectivity index is 2.14. The van der Waals surface area contributed by atoms with Gasteiger partial charge in [-0.05, 0) is 75.8 Å². The van der Waals surface area contributed by atoms with Crippen molar-refractivity contribution in [1.29, 1.82) is 5.26 Å². The molecule has 3 rings (SSSR count). The number of rotatable bonds is 4. The Labute approximate surface area is 185 Å². The smallest absolute Gasteiger partial charge is 0.141 e. The van der Waals surface area contributed by atoms with Gasteiger partial charge in [-0.15, -0.1) is 0 Å². The van der Waals surface area contributed by atoms with Gasteiger partial charge in [-0.2, -0.15) is 5.26 Å². The van der Waals surface area contributed by atoms with Crippen LogP contribution >= 0.6 is 39.1 Å². The Morgan fingerprint density at radius 3 is 2.59 bits per heavy atom. The van der Waals surface area contributed by atoms with Gasteiger partial charge in [0.05, 0.1) is 21.3 Å². The van der Waals surface area contributed by atoms with Crippen molar-refractivity contribution >= 4 is 45.0 Å². The summed E-state index contributed by atoms with van der Waals surface area (Å²) in [4.78, 5) is 8.69. The van der Waals surface area contributed by atoms with Gasteiger partial charge in [-0.3, -0.25) is 9.98 Å². The minimum atomic E-state index is -0.780. The van der Waals surface area contributed by atoms with Crippen molar-refractivity contribution in [1.82, 2.24) is 4.98 Å². The number of aromatic nitrogens is 1. The molecule has 0 fully saturated rings. The maximum absolute atomic E-state index is 13.9. The van der Waals surface area contributed by atoms with Crippen LogP contribution < -0.4 is 5.11 Å². The molecule has 8 heteroatoms. The van der Waals surface area contributed by atoms with E-state index in [9.17, 15) is 9.50 Å². The Bertz CT molecular complexity index is 1160. The average molecular weight is 492 g/mol. The Hall–Kier alpha value is -2.46. The number of halogens is 4. The van der Waals surface area contributed by atoms with E-state index in [1.165, 1.54) is 12.1 Å². The largest absolute Gasteiger partial charge is 0.858 e. The molecule has 3 aromatic rings. The van der Waals surface area contributed by atoms with Crippen molar-refractivity contribution in [2.45, 2.75) is 13.0 Å². The number of hydrogen-bond donors (Lipinski definition) is 0. The summed E-state index contributed by atoms with van der Waals surface area (Å²) >= 11 is 15.5. The monoisotopic (exact) mass is 490 g/mol. The van der Waals surface area contributed by atoms with Crippen LogP contribution in [0.4, 0.5) is 4.39 Å². The van der Waals surface area contributed by atoms with Crippen LogP contribution in [0.1, 0.15) is 34.0 Å². The Morgan fingerprint density at radius 2 is 1.97 bits per heavy atom. The molecule has 0 aliphatic heterocycles. The minimum absolute atomic E-state index is 0.0290. The lowest BCUT2D eigenvalue weighted by molar-refractivity contribution is -0.213. The van der Waals surface area contributed by atoms with Gasteiger partial charge in [0.15, 0.2) is 0 Å². The maximum atomic E-state index is 13.9. The molecular formula is C21H12BrCl2FN3O-. The van der Waals surface area contributed by atoms with E-state index < -0.39 is 17.8 Å². The second-order valence-electron chi connectivity index (χ2n) is 6.17. The van der Waals surface area contributed by atoms with Crippen LogP contribution in [0.2, 0.25) is 10.0 Å². The zero-order valence-electron chi connectivity index (χ0n) is 15.0. The number of aryl methyl sites for hydroxylation is 1. The first kappa shape index (κ1) is 21.3. The van der Waals surface area contributed by atoms with Crippen molar-refractivity contribution in [2.75, 3.05) is 0 Å². The van der Waals surface area contributed by atoms with Gasteiger partial charge < -0.3 is 5.11 Å². The highest BCUT2D eigenvalue weighted by atomic mass is 79.9. The predicted molar refractivity (Wildman–Crippen MR) is 113 cm³/mol. The van der Waals surface area contributed by atoms with Crippen LogP contribution in [0.5, 0.6) is 0 Å². The third-order valence-corrected chi connectivity index (χ3v) is 5.36. The van der Waals surface area contributed by atoms with E-state index in [-0.39, 0.29) is 11.1 Å². The molecule has 1 unspecified atom stereocenters. The van der Waals surface area contributed by atoms with Crippen molar-refractivity contribution in [3.8, 4) is 6.07 Å². The summed E-state index contributed by atoms with van der Waals surface area (Å²) in [5, 5.41) is 22.3. The Kier molecular flexibility index (Phi) is 6.53. The summed E-state index contributed by atoms with van der Waals surface area (Å²) in [7, 11) is 0. The first-order valence-electron chi connectivity index (χ1n) is 8.32. The molecule has 0 aliphatic rings. The number of nitrogens with zero attached hydrogens (tertiary/aromatic N) is 3. The van der Waals surface area contributed by atoms with Crippen molar-refractivity contribution in [3.63, 3.8) is 0 Å². The summed E-state index contributed by atoms with van der Waals surface area (Å²) in [5.74, 6) is -1.42. The molecule has 0 spiro atoms. The highest BCUT2D eigenvalue weighted by molar-refractivity contribution is 9.10. The molecule has 29 heavy (non-hydrogen) atoms. The number of nitriles is 1. The van der Waals surface area contributed by atoms with Gasteiger partial charge >= 0.3 is 0 Å². The fourth-order valence-corrected chi connectivity index (χ4v) is 3.50. The molecule has 1 aromatic heterocycles. The second kappa shape index (κ2) is 8.91. The molecular weight excluding hydrogens is 480 g/mol. The van der Waals surface area contributed by atoms with Crippen LogP contribution in [0, 0.1) is 24.1 Å². The molecule has 0 aliphatic carbocycles. The van der Waals surface area contributed by atoms with E-state index in [0.717, 1.165) is 16.1 Å². The SMILES string of the molecule is Cc1cc(Br)cnc1C(N=C([O-])c1ccc(C#N)c(F)c1)c1ccc(Cl)c(Cl)c1. The van der Waals surface area contributed by atoms with Gasteiger partial charge in [0.2, 0.25) is 0 Å².